The quantitative estimate of drug-likeness (QED) is 0.487. The van der Waals surface area contributed by atoms with Crippen molar-refractivity contribution >= 4 is 17.5 Å². The van der Waals surface area contributed by atoms with Gasteiger partial charge in [0, 0.05) is 5.56 Å². The van der Waals surface area contributed by atoms with Gasteiger partial charge in [0.1, 0.15) is 17.3 Å². The molecule has 3 aromatic rings. The number of carbonyl (C=O) groups is 1. The molecular weight excluding hydrogens is 355 g/mol. The first kappa shape index (κ1) is 18.1. The number of aryl methyl sites for hydroxylation is 1. The van der Waals surface area contributed by atoms with Gasteiger partial charge in [-0.3, -0.25) is 4.79 Å². The fourth-order valence-electron chi connectivity index (χ4n) is 2.43. The Labute approximate surface area is 154 Å². The molecule has 0 fully saturated rings. The molecule has 0 radical (unpaired) electrons. The topological polar surface area (TPSA) is 69.9 Å². The van der Waals surface area contributed by atoms with Crippen molar-refractivity contribution < 1.29 is 13.9 Å². The highest BCUT2D eigenvalue weighted by Crippen LogP contribution is 2.29. The van der Waals surface area contributed by atoms with Crippen LogP contribution in [0, 0.1) is 12.7 Å². The van der Waals surface area contributed by atoms with Gasteiger partial charge in [0.25, 0.3) is 0 Å². The molecule has 134 valence electrons. The number of carbonyl (C=O) groups excluding carboxylic acids is 1. The SMILES string of the molecule is COc1ccc(C)cc1-n1nnnc1SC(C)C(=O)c1ccc(F)cc1. The number of rotatable bonds is 6. The van der Waals surface area contributed by atoms with E-state index in [4.69, 9.17) is 4.74 Å². The van der Waals surface area contributed by atoms with E-state index in [9.17, 15) is 9.18 Å². The summed E-state index contributed by atoms with van der Waals surface area (Å²) in [6.07, 6.45) is 0. The zero-order chi connectivity index (χ0) is 18.7. The van der Waals surface area contributed by atoms with Gasteiger partial charge in [0.15, 0.2) is 5.78 Å². The Morgan fingerprint density at radius 3 is 2.65 bits per heavy atom. The summed E-state index contributed by atoms with van der Waals surface area (Å²) in [7, 11) is 1.58. The minimum atomic E-state index is -0.444. The molecule has 6 nitrogen and oxygen atoms in total. The monoisotopic (exact) mass is 372 g/mol. The largest absolute Gasteiger partial charge is 0.494 e. The lowest BCUT2D eigenvalue weighted by Crippen LogP contribution is -2.15. The van der Waals surface area contributed by atoms with Crippen LogP contribution in [0.15, 0.2) is 47.6 Å². The summed E-state index contributed by atoms with van der Waals surface area (Å²) < 4.78 is 20.0. The number of hydrogen-bond acceptors (Lipinski definition) is 6. The van der Waals surface area contributed by atoms with Gasteiger partial charge in [-0.15, -0.1) is 5.10 Å². The zero-order valence-corrected chi connectivity index (χ0v) is 15.3. The molecule has 0 amide bonds. The van der Waals surface area contributed by atoms with Crippen molar-refractivity contribution in [1.82, 2.24) is 20.2 Å². The van der Waals surface area contributed by atoms with Crippen LogP contribution in [0.4, 0.5) is 4.39 Å². The van der Waals surface area contributed by atoms with Crippen molar-refractivity contribution in [3.8, 4) is 11.4 Å². The Bertz CT molecular complexity index is 927. The standard InChI is InChI=1S/C18H17FN4O2S/c1-11-4-9-16(25-3)15(10-11)23-18(20-21-22-23)26-12(2)17(24)13-5-7-14(19)8-6-13/h4-10,12H,1-3H3. The lowest BCUT2D eigenvalue weighted by molar-refractivity contribution is 0.0994. The number of thioether (sulfide) groups is 1. The maximum Gasteiger partial charge on any atom is 0.214 e. The lowest BCUT2D eigenvalue weighted by Gasteiger charge is -2.12. The van der Waals surface area contributed by atoms with E-state index in [1.54, 1.807) is 18.7 Å². The molecule has 0 aliphatic rings. The van der Waals surface area contributed by atoms with Crippen LogP contribution in [0.1, 0.15) is 22.8 Å². The fourth-order valence-corrected chi connectivity index (χ4v) is 3.31. The van der Waals surface area contributed by atoms with Crippen LogP contribution in [0.2, 0.25) is 0 Å². The van der Waals surface area contributed by atoms with Gasteiger partial charge in [-0.25, -0.2) is 4.39 Å². The number of benzene rings is 2. The van der Waals surface area contributed by atoms with Gasteiger partial charge in [0.2, 0.25) is 5.16 Å². The molecule has 0 saturated carbocycles. The second-order valence-electron chi connectivity index (χ2n) is 5.68. The number of ether oxygens (including phenoxy) is 1. The van der Waals surface area contributed by atoms with Crippen LogP contribution in [0.5, 0.6) is 5.75 Å². The summed E-state index contributed by atoms with van der Waals surface area (Å²) in [6.45, 7) is 3.73. The summed E-state index contributed by atoms with van der Waals surface area (Å²) in [6, 6.07) is 11.2. The Kier molecular flexibility index (Phi) is 5.32. The maximum atomic E-state index is 13.0. The number of ketones is 1. The van der Waals surface area contributed by atoms with Crippen LogP contribution in [-0.4, -0.2) is 38.4 Å². The normalized spacial score (nSPS) is 12.0. The molecule has 0 N–H and O–H groups in total. The average molecular weight is 372 g/mol. The second kappa shape index (κ2) is 7.65. The van der Waals surface area contributed by atoms with E-state index >= 15 is 0 Å². The van der Waals surface area contributed by atoms with E-state index in [-0.39, 0.29) is 11.6 Å². The van der Waals surface area contributed by atoms with Crippen molar-refractivity contribution in [2.45, 2.75) is 24.3 Å². The average Bonchev–Trinajstić information content (AvgIpc) is 3.09. The van der Waals surface area contributed by atoms with Crippen LogP contribution in [-0.2, 0) is 0 Å². The van der Waals surface area contributed by atoms with Crippen molar-refractivity contribution in [2.75, 3.05) is 7.11 Å². The smallest absolute Gasteiger partial charge is 0.214 e. The number of aromatic nitrogens is 4. The third-order valence-corrected chi connectivity index (χ3v) is 4.82. The predicted molar refractivity (Wildman–Crippen MR) is 96.5 cm³/mol. The predicted octanol–water partition coefficient (Wildman–Crippen LogP) is 3.48. The summed E-state index contributed by atoms with van der Waals surface area (Å²) in [4.78, 5) is 12.6. The molecule has 0 aliphatic heterocycles. The summed E-state index contributed by atoms with van der Waals surface area (Å²) in [5.41, 5.74) is 2.17. The highest BCUT2D eigenvalue weighted by molar-refractivity contribution is 8.00. The zero-order valence-electron chi connectivity index (χ0n) is 14.5. The second-order valence-corrected chi connectivity index (χ2v) is 6.99. The summed E-state index contributed by atoms with van der Waals surface area (Å²) in [5, 5.41) is 11.8. The third-order valence-electron chi connectivity index (χ3n) is 3.78. The minimum absolute atomic E-state index is 0.124. The Morgan fingerprint density at radius 2 is 1.96 bits per heavy atom. The highest BCUT2D eigenvalue weighted by atomic mass is 32.2. The number of halogens is 1. The maximum absolute atomic E-state index is 13.0. The number of hydrogen-bond donors (Lipinski definition) is 0. The molecule has 1 atom stereocenters. The third kappa shape index (κ3) is 3.75. The van der Waals surface area contributed by atoms with Gasteiger partial charge in [-0.1, -0.05) is 17.8 Å². The van der Waals surface area contributed by atoms with Crippen molar-refractivity contribution in [3.63, 3.8) is 0 Å². The highest BCUT2D eigenvalue weighted by Gasteiger charge is 2.21. The minimum Gasteiger partial charge on any atom is -0.494 e. The van der Waals surface area contributed by atoms with Gasteiger partial charge in [0.05, 0.1) is 12.4 Å². The van der Waals surface area contributed by atoms with E-state index in [0.29, 0.717) is 22.2 Å². The Balaban J connectivity index is 1.86. The van der Waals surface area contributed by atoms with Crippen molar-refractivity contribution in [2.24, 2.45) is 0 Å². The number of nitrogens with zero attached hydrogens (tertiary/aromatic N) is 4. The molecule has 26 heavy (non-hydrogen) atoms. The first-order valence-corrected chi connectivity index (χ1v) is 8.77. The number of Topliss-reactive ketones (excluding diaryl/α,β-unsaturated/α-hetero) is 1. The molecule has 1 unspecified atom stereocenters. The molecule has 0 saturated heterocycles. The molecule has 1 heterocycles. The van der Waals surface area contributed by atoms with Crippen LogP contribution in [0.3, 0.4) is 0 Å². The van der Waals surface area contributed by atoms with E-state index < -0.39 is 5.25 Å². The summed E-state index contributed by atoms with van der Waals surface area (Å²) in [5.74, 6) is 0.125. The van der Waals surface area contributed by atoms with E-state index in [2.05, 4.69) is 15.5 Å². The lowest BCUT2D eigenvalue weighted by atomic mass is 10.1. The first-order chi connectivity index (χ1) is 12.5. The summed E-state index contributed by atoms with van der Waals surface area (Å²) >= 11 is 1.23. The first-order valence-electron chi connectivity index (χ1n) is 7.89. The molecule has 3 rings (SSSR count). The molecule has 2 aromatic carbocycles. The van der Waals surface area contributed by atoms with Crippen LogP contribution >= 0.6 is 11.8 Å². The molecule has 0 bridgehead atoms. The van der Waals surface area contributed by atoms with Crippen LogP contribution in [0.25, 0.3) is 5.69 Å². The number of tetrazole rings is 1. The van der Waals surface area contributed by atoms with E-state index in [0.717, 1.165) is 5.56 Å². The molecule has 1 aromatic heterocycles. The Morgan fingerprint density at radius 1 is 1.23 bits per heavy atom. The van der Waals surface area contributed by atoms with Crippen molar-refractivity contribution in [3.05, 3.63) is 59.4 Å². The van der Waals surface area contributed by atoms with E-state index in [1.807, 2.05) is 25.1 Å². The molecule has 8 heteroatoms. The van der Waals surface area contributed by atoms with Crippen molar-refractivity contribution in [1.29, 1.82) is 0 Å². The van der Waals surface area contributed by atoms with Gasteiger partial charge < -0.3 is 4.74 Å². The molecular formula is C18H17FN4O2S. The van der Waals surface area contributed by atoms with Gasteiger partial charge >= 0.3 is 0 Å². The van der Waals surface area contributed by atoms with Gasteiger partial charge in [-0.2, -0.15) is 4.68 Å². The van der Waals surface area contributed by atoms with Crippen LogP contribution < -0.4 is 4.74 Å². The number of methoxy groups -OCH3 is 1. The molecule has 0 aliphatic carbocycles. The van der Waals surface area contributed by atoms with E-state index in [1.165, 1.54) is 36.0 Å². The Hall–Kier alpha value is -2.74. The fraction of sp³-hybridized carbons (Fsp3) is 0.222. The van der Waals surface area contributed by atoms with Gasteiger partial charge in [-0.05, 0) is 66.2 Å². The molecule has 0 spiro atoms.